The summed E-state index contributed by atoms with van der Waals surface area (Å²) in [6.07, 6.45) is 9.27. The molecule has 5 atom stereocenters. The fourth-order valence-corrected chi connectivity index (χ4v) is 7.21. The molecule has 6 aromatic heterocycles. The van der Waals surface area contributed by atoms with Crippen LogP contribution in [-0.4, -0.2) is 48.3 Å². The van der Waals surface area contributed by atoms with E-state index in [4.69, 9.17) is 28.7 Å². The molecule has 55 heavy (non-hydrogen) atoms. The van der Waals surface area contributed by atoms with E-state index in [0.717, 1.165) is 28.3 Å². The average Bonchev–Trinajstić information content (AvgIpc) is 4.10. The maximum absolute atomic E-state index is 13.5. The summed E-state index contributed by atoms with van der Waals surface area (Å²) in [6, 6.07) is 9.49. The van der Waals surface area contributed by atoms with Gasteiger partial charge in [0.25, 0.3) is 0 Å². The lowest BCUT2D eigenvalue weighted by molar-refractivity contribution is -0.118. The van der Waals surface area contributed by atoms with Crippen LogP contribution in [0.5, 0.6) is 0 Å². The largest absolute Gasteiger partial charge is 0.397 e. The Kier molecular flexibility index (Phi) is 8.58. The summed E-state index contributed by atoms with van der Waals surface area (Å²) in [6.45, 7) is 4.19. The summed E-state index contributed by atoms with van der Waals surface area (Å²) < 4.78 is 0. The van der Waals surface area contributed by atoms with Crippen molar-refractivity contribution in [1.82, 2.24) is 29.9 Å². The fourth-order valence-electron chi connectivity index (χ4n) is 7.21. The van der Waals surface area contributed by atoms with Crippen molar-refractivity contribution in [3.05, 3.63) is 72.1 Å². The number of anilines is 6. The van der Waals surface area contributed by atoms with Crippen LogP contribution in [0.25, 0.3) is 44.1 Å². The highest BCUT2D eigenvalue weighted by Crippen LogP contribution is 2.50. The quantitative estimate of drug-likeness (QED) is 0.110. The van der Waals surface area contributed by atoms with E-state index >= 15 is 0 Å². The molecule has 0 spiro atoms. The molecule has 0 aromatic carbocycles. The van der Waals surface area contributed by atoms with Gasteiger partial charge in [-0.25, -0.2) is 19.9 Å². The van der Waals surface area contributed by atoms with Crippen molar-refractivity contribution in [2.75, 3.05) is 40.1 Å². The van der Waals surface area contributed by atoms with Gasteiger partial charge in [-0.1, -0.05) is 0 Å². The van der Waals surface area contributed by atoms with Crippen LogP contribution in [0.1, 0.15) is 35.6 Å². The van der Waals surface area contributed by atoms with Crippen LogP contribution in [0.15, 0.2) is 55.2 Å². The number of nitriles is 1. The highest BCUT2D eigenvalue weighted by molar-refractivity contribution is 6.00. The second-order valence-corrected chi connectivity index (χ2v) is 14.3. The SMILES string of the molecule is Cc1c(N)cncc1-c1cc2cc(NC(=O)[C@@H]3C[C@H]3C(C#N)c3ncc(-c4cc5cc(NC(=O)[C@H]6C[C@@H]6CN)ncc5c(N)n4)c(C)c3N)ncc2c(N)n1. The first-order chi connectivity index (χ1) is 26.4. The average molecular weight is 735 g/mol. The normalized spacial score (nSPS) is 19.1. The Balaban J connectivity index is 0.994. The fraction of sp³-hybridized carbons (Fsp3) is 0.256. The van der Waals surface area contributed by atoms with Gasteiger partial charge in [-0.05, 0) is 91.2 Å². The number of nitrogens with two attached hydrogens (primary N) is 5. The number of aromatic nitrogens is 6. The molecule has 16 heteroatoms. The molecular formula is C39H38N14O2. The van der Waals surface area contributed by atoms with E-state index in [1.54, 1.807) is 43.1 Å². The molecule has 12 N–H and O–H groups in total. The Morgan fingerprint density at radius 3 is 1.93 bits per heavy atom. The van der Waals surface area contributed by atoms with Crippen molar-refractivity contribution in [3.63, 3.8) is 0 Å². The van der Waals surface area contributed by atoms with Crippen LogP contribution in [0, 0.1) is 48.9 Å². The molecule has 2 amide bonds. The zero-order chi connectivity index (χ0) is 38.7. The highest BCUT2D eigenvalue weighted by atomic mass is 16.2. The number of nitrogens with one attached hydrogen (secondary N) is 2. The lowest BCUT2D eigenvalue weighted by Crippen LogP contribution is -2.18. The summed E-state index contributed by atoms with van der Waals surface area (Å²) in [4.78, 5) is 52.8. The molecule has 0 saturated heterocycles. The van der Waals surface area contributed by atoms with Gasteiger partial charge in [0.2, 0.25) is 11.8 Å². The lowest BCUT2D eigenvalue weighted by Gasteiger charge is -2.16. The Morgan fingerprint density at radius 1 is 0.782 bits per heavy atom. The maximum Gasteiger partial charge on any atom is 0.228 e. The van der Waals surface area contributed by atoms with E-state index < -0.39 is 11.8 Å². The van der Waals surface area contributed by atoms with Crippen LogP contribution < -0.4 is 39.3 Å². The van der Waals surface area contributed by atoms with Gasteiger partial charge < -0.3 is 39.3 Å². The number of carbonyl (C=O) groups is 2. The molecule has 0 bridgehead atoms. The number of hydrogen-bond acceptors (Lipinski definition) is 14. The highest BCUT2D eigenvalue weighted by Gasteiger charge is 2.49. The van der Waals surface area contributed by atoms with Crippen LogP contribution in [-0.2, 0) is 9.59 Å². The number of carbonyl (C=O) groups excluding carboxylic acids is 2. The van der Waals surface area contributed by atoms with Crippen LogP contribution >= 0.6 is 0 Å². The minimum Gasteiger partial charge on any atom is -0.397 e. The maximum atomic E-state index is 13.5. The minimum absolute atomic E-state index is 0.105. The third kappa shape index (κ3) is 6.40. The Labute approximate surface area is 315 Å². The van der Waals surface area contributed by atoms with Crippen LogP contribution in [0.2, 0.25) is 0 Å². The van der Waals surface area contributed by atoms with E-state index in [0.29, 0.717) is 75.0 Å². The first-order valence-electron chi connectivity index (χ1n) is 17.7. The van der Waals surface area contributed by atoms with E-state index in [9.17, 15) is 14.9 Å². The minimum atomic E-state index is -0.728. The Morgan fingerprint density at radius 2 is 1.36 bits per heavy atom. The zero-order valence-corrected chi connectivity index (χ0v) is 30.0. The van der Waals surface area contributed by atoms with Gasteiger partial charge in [-0.15, -0.1) is 0 Å². The van der Waals surface area contributed by atoms with Gasteiger partial charge in [0.15, 0.2) is 0 Å². The molecule has 0 radical (unpaired) electrons. The summed E-state index contributed by atoms with van der Waals surface area (Å²) in [7, 11) is 0. The first-order valence-corrected chi connectivity index (χ1v) is 17.7. The van der Waals surface area contributed by atoms with Crippen LogP contribution in [0.4, 0.5) is 34.6 Å². The molecular weight excluding hydrogens is 697 g/mol. The van der Waals surface area contributed by atoms with E-state index in [1.165, 1.54) is 0 Å². The van der Waals surface area contributed by atoms with Crippen molar-refractivity contribution in [3.8, 4) is 28.6 Å². The van der Waals surface area contributed by atoms with Gasteiger partial charge in [0, 0.05) is 58.5 Å². The van der Waals surface area contributed by atoms with Gasteiger partial charge in [0.1, 0.15) is 23.3 Å². The third-order valence-corrected chi connectivity index (χ3v) is 10.8. The molecule has 2 aliphatic carbocycles. The van der Waals surface area contributed by atoms with Crippen molar-refractivity contribution in [1.29, 1.82) is 5.26 Å². The van der Waals surface area contributed by atoms with Crippen molar-refractivity contribution >= 4 is 68.0 Å². The molecule has 2 saturated carbocycles. The van der Waals surface area contributed by atoms with Gasteiger partial charge in [0.05, 0.1) is 46.6 Å². The number of nitrogens with zero attached hydrogens (tertiary/aromatic N) is 7. The van der Waals surface area contributed by atoms with E-state index in [2.05, 4.69) is 46.6 Å². The number of fused-ring (bicyclic) bond motifs is 2. The van der Waals surface area contributed by atoms with E-state index in [1.807, 2.05) is 26.0 Å². The van der Waals surface area contributed by atoms with Crippen molar-refractivity contribution in [2.24, 2.45) is 29.4 Å². The summed E-state index contributed by atoms with van der Waals surface area (Å²) in [5.41, 5.74) is 36.3. The lowest BCUT2D eigenvalue weighted by atomic mass is 9.94. The van der Waals surface area contributed by atoms with Gasteiger partial charge >= 0.3 is 0 Å². The first kappa shape index (κ1) is 35.1. The molecule has 2 fully saturated rings. The molecule has 6 heterocycles. The number of pyridine rings is 6. The Bertz CT molecular complexity index is 2620. The third-order valence-electron chi connectivity index (χ3n) is 10.8. The number of nitrogen functional groups attached to an aromatic ring is 4. The number of hydrogen-bond donors (Lipinski definition) is 7. The molecule has 6 aromatic rings. The smallest absolute Gasteiger partial charge is 0.228 e. The summed E-state index contributed by atoms with van der Waals surface area (Å²) in [5.74, 6) is -0.489. The molecule has 8 rings (SSSR count). The molecule has 1 unspecified atom stereocenters. The van der Waals surface area contributed by atoms with Crippen molar-refractivity contribution < 1.29 is 9.59 Å². The van der Waals surface area contributed by atoms with Gasteiger partial charge in [-0.2, -0.15) is 5.26 Å². The molecule has 276 valence electrons. The molecule has 16 nitrogen and oxygen atoms in total. The summed E-state index contributed by atoms with van der Waals surface area (Å²) in [5, 5.41) is 18.8. The standard InChI is InChI=1S/C39H38N14O2/c1-16-25(11-46-15-29(16)42)30-4-18-7-33(48-14-27(18)36(44)50-30)53-39(55)23-8-22(23)24(10-41)35-34(43)17(2)26(12-49-35)31-5-19-6-32(47-13-28(19)37(45)51-31)52-38(54)21-3-20(21)9-40/h4-7,11-15,20-24H,3,8-9,40,42-43H2,1-2H3,(H2,44,50)(H2,45,51)(H,47,52,54)(H,48,53,55)/t20-,21+,22-,23-,24?/m1/s1. The second kappa shape index (κ2) is 13.5. The monoisotopic (exact) mass is 734 g/mol. The van der Waals surface area contributed by atoms with Gasteiger partial charge in [-0.3, -0.25) is 19.6 Å². The predicted octanol–water partition coefficient (Wildman–Crippen LogP) is 4.06. The second-order valence-electron chi connectivity index (χ2n) is 14.3. The zero-order valence-electron chi connectivity index (χ0n) is 30.0. The van der Waals surface area contributed by atoms with Crippen LogP contribution in [0.3, 0.4) is 0 Å². The predicted molar refractivity (Wildman–Crippen MR) is 211 cm³/mol. The summed E-state index contributed by atoms with van der Waals surface area (Å²) >= 11 is 0. The Hall–Kier alpha value is -6.99. The number of rotatable bonds is 9. The topological polar surface area (TPSA) is 289 Å². The molecule has 0 aliphatic heterocycles. The number of amides is 2. The van der Waals surface area contributed by atoms with E-state index in [-0.39, 0.29) is 41.2 Å². The van der Waals surface area contributed by atoms with Crippen molar-refractivity contribution in [2.45, 2.75) is 32.6 Å². The molecule has 2 aliphatic rings.